The van der Waals surface area contributed by atoms with Gasteiger partial charge in [-0.05, 0) is 30.0 Å². The Kier molecular flexibility index (Phi) is 3.92. The molecule has 1 aromatic heterocycles. The van der Waals surface area contributed by atoms with Gasteiger partial charge in [-0.25, -0.2) is 8.42 Å². The maximum Gasteiger partial charge on any atom is 0.451 e. The normalized spacial score (nSPS) is 17.9. The SMILES string of the molecule is O=C(Nc1n[nH]c(C(F)(F)F)n1)c1ccc2c(c1)SC1=NS(=O)(=O)CCN12. The summed E-state index contributed by atoms with van der Waals surface area (Å²) >= 11 is 1.10. The standard InChI is InChI=1S/C13H9F3N6O3S2/c14-13(15,16)10-18-11(20-19-10)17-9(23)6-1-2-7-8(5-6)26-12-21-27(24,25)4-3-22(7)12/h1-2,5H,3-4H2,(H2,17,18,19,20,23). The summed E-state index contributed by atoms with van der Waals surface area (Å²) in [5.74, 6) is -2.64. The molecule has 4 rings (SSSR count). The van der Waals surface area contributed by atoms with Crippen molar-refractivity contribution in [1.82, 2.24) is 15.2 Å². The maximum absolute atomic E-state index is 12.5. The predicted octanol–water partition coefficient (Wildman–Crippen LogP) is 1.69. The van der Waals surface area contributed by atoms with E-state index in [4.69, 9.17) is 0 Å². The van der Waals surface area contributed by atoms with Crippen molar-refractivity contribution in [3.8, 4) is 0 Å². The number of fused-ring (bicyclic) bond motifs is 3. The van der Waals surface area contributed by atoms with Gasteiger partial charge >= 0.3 is 6.18 Å². The van der Waals surface area contributed by atoms with Crippen LogP contribution in [0, 0.1) is 0 Å². The number of amides is 1. The average molecular weight is 418 g/mol. The van der Waals surface area contributed by atoms with Gasteiger partial charge in [-0.1, -0.05) is 0 Å². The fraction of sp³-hybridized carbons (Fsp3) is 0.231. The first kappa shape index (κ1) is 17.8. The van der Waals surface area contributed by atoms with Crippen molar-refractivity contribution in [2.24, 2.45) is 4.40 Å². The summed E-state index contributed by atoms with van der Waals surface area (Å²) in [6.45, 7) is 0.254. The highest BCUT2D eigenvalue weighted by Crippen LogP contribution is 2.42. The first-order chi connectivity index (χ1) is 12.6. The van der Waals surface area contributed by atoms with E-state index in [0.29, 0.717) is 15.8 Å². The van der Waals surface area contributed by atoms with Crippen LogP contribution in [0.15, 0.2) is 27.5 Å². The van der Waals surface area contributed by atoms with Crippen molar-refractivity contribution in [3.05, 3.63) is 29.6 Å². The van der Waals surface area contributed by atoms with Gasteiger partial charge in [0.15, 0.2) is 5.17 Å². The van der Waals surface area contributed by atoms with Crippen LogP contribution in [0.1, 0.15) is 16.2 Å². The van der Waals surface area contributed by atoms with Crippen molar-refractivity contribution in [2.45, 2.75) is 11.1 Å². The lowest BCUT2D eigenvalue weighted by Gasteiger charge is -2.22. The molecule has 2 aliphatic rings. The molecular formula is C13H9F3N6O3S2. The van der Waals surface area contributed by atoms with E-state index >= 15 is 0 Å². The van der Waals surface area contributed by atoms with Gasteiger partial charge in [-0.3, -0.25) is 15.2 Å². The molecule has 0 atom stereocenters. The molecule has 0 bridgehead atoms. The number of carbonyl (C=O) groups excluding carboxylic acids is 1. The number of hydrogen-bond donors (Lipinski definition) is 2. The van der Waals surface area contributed by atoms with Crippen molar-refractivity contribution >= 4 is 44.5 Å². The number of rotatable bonds is 2. The number of anilines is 2. The molecular weight excluding hydrogens is 409 g/mol. The third kappa shape index (κ3) is 3.37. The molecule has 1 aromatic carbocycles. The van der Waals surface area contributed by atoms with Crippen molar-refractivity contribution < 1.29 is 26.4 Å². The van der Waals surface area contributed by atoms with Crippen LogP contribution in [-0.2, 0) is 16.2 Å². The quantitative estimate of drug-likeness (QED) is 0.761. The van der Waals surface area contributed by atoms with E-state index in [2.05, 4.69) is 19.8 Å². The van der Waals surface area contributed by atoms with E-state index in [1.807, 2.05) is 0 Å². The van der Waals surface area contributed by atoms with Crippen molar-refractivity contribution in [3.63, 3.8) is 0 Å². The number of halogens is 3. The number of thioether (sulfide) groups is 1. The molecule has 0 aliphatic carbocycles. The van der Waals surface area contributed by atoms with Gasteiger partial charge in [0.05, 0.1) is 11.4 Å². The summed E-state index contributed by atoms with van der Waals surface area (Å²) in [6.07, 6.45) is -4.70. The number of nitrogens with one attached hydrogen (secondary N) is 2. The van der Waals surface area contributed by atoms with Gasteiger partial charge in [0.1, 0.15) is 0 Å². The van der Waals surface area contributed by atoms with E-state index in [0.717, 1.165) is 11.8 Å². The molecule has 14 heteroatoms. The highest BCUT2D eigenvalue weighted by molar-refractivity contribution is 8.15. The van der Waals surface area contributed by atoms with Gasteiger partial charge < -0.3 is 4.90 Å². The lowest BCUT2D eigenvalue weighted by atomic mass is 10.2. The van der Waals surface area contributed by atoms with Gasteiger partial charge in [-0.2, -0.15) is 18.2 Å². The van der Waals surface area contributed by atoms with Crippen LogP contribution < -0.4 is 10.2 Å². The van der Waals surface area contributed by atoms with Crippen molar-refractivity contribution in [2.75, 3.05) is 22.5 Å². The van der Waals surface area contributed by atoms with E-state index in [1.165, 1.54) is 12.1 Å². The molecule has 0 radical (unpaired) electrons. The molecule has 2 aliphatic heterocycles. The summed E-state index contributed by atoms with van der Waals surface area (Å²) in [4.78, 5) is 17.8. The summed E-state index contributed by atoms with van der Waals surface area (Å²) < 4.78 is 64.4. The number of hydrogen-bond acceptors (Lipinski definition) is 7. The smallest absolute Gasteiger partial charge is 0.318 e. The summed E-state index contributed by atoms with van der Waals surface area (Å²) in [7, 11) is -3.50. The average Bonchev–Trinajstić information content (AvgIpc) is 3.16. The molecule has 0 saturated carbocycles. The Morgan fingerprint density at radius 2 is 2.11 bits per heavy atom. The van der Waals surface area contributed by atoms with E-state index in [-0.39, 0.29) is 17.9 Å². The number of aromatic nitrogens is 3. The summed E-state index contributed by atoms with van der Waals surface area (Å²) in [6, 6.07) is 4.59. The molecule has 2 aromatic rings. The summed E-state index contributed by atoms with van der Waals surface area (Å²) in [5.41, 5.74) is 0.866. The number of sulfonamides is 1. The fourth-order valence-electron chi connectivity index (χ4n) is 2.49. The van der Waals surface area contributed by atoms with E-state index in [1.54, 1.807) is 16.1 Å². The van der Waals surface area contributed by atoms with Gasteiger partial charge in [0.2, 0.25) is 11.8 Å². The van der Waals surface area contributed by atoms with E-state index in [9.17, 15) is 26.4 Å². The molecule has 2 N–H and O–H groups in total. The first-order valence-electron chi connectivity index (χ1n) is 7.35. The first-order valence-corrected chi connectivity index (χ1v) is 9.78. The fourth-order valence-corrected chi connectivity index (χ4v) is 4.79. The minimum atomic E-state index is -4.70. The Bertz CT molecular complexity index is 1080. The molecule has 9 nitrogen and oxygen atoms in total. The molecule has 0 saturated heterocycles. The zero-order valence-corrected chi connectivity index (χ0v) is 14.7. The lowest BCUT2D eigenvalue weighted by molar-refractivity contribution is -0.144. The Labute approximate surface area is 154 Å². The van der Waals surface area contributed by atoms with Crippen LogP contribution in [0.4, 0.5) is 24.8 Å². The third-order valence-electron chi connectivity index (χ3n) is 3.71. The monoisotopic (exact) mass is 418 g/mol. The minimum Gasteiger partial charge on any atom is -0.318 e. The molecule has 1 amide bonds. The number of carbonyl (C=O) groups is 1. The second-order valence-corrected chi connectivity index (χ2v) is 8.32. The topological polar surface area (TPSA) is 120 Å². The Morgan fingerprint density at radius 1 is 1.33 bits per heavy atom. The Morgan fingerprint density at radius 3 is 2.81 bits per heavy atom. The van der Waals surface area contributed by atoms with E-state index < -0.39 is 33.9 Å². The van der Waals surface area contributed by atoms with Crippen LogP contribution in [0.3, 0.4) is 0 Å². The maximum atomic E-state index is 12.5. The number of aromatic amines is 1. The largest absolute Gasteiger partial charge is 0.451 e. The van der Waals surface area contributed by atoms with Crippen LogP contribution in [0.2, 0.25) is 0 Å². The second kappa shape index (κ2) is 5.95. The van der Waals surface area contributed by atoms with Crippen LogP contribution in [0.5, 0.6) is 0 Å². The highest BCUT2D eigenvalue weighted by Gasteiger charge is 2.36. The zero-order valence-electron chi connectivity index (χ0n) is 13.1. The Balaban J connectivity index is 1.55. The second-order valence-electron chi connectivity index (χ2n) is 5.56. The third-order valence-corrected chi connectivity index (χ3v) is 6.02. The molecule has 3 heterocycles. The van der Waals surface area contributed by atoms with Crippen LogP contribution in [-0.4, -0.2) is 47.0 Å². The number of alkyl halides is 3. The molecule has 142 valence electrons. The number of nitrogens with zero attached hydrogens (tertiary/aromatic N) is 4. The molecule has 0 fully saturated rings. The van der Waals surface area contributed by atoms with Gasteiger partial charge in [0.25, 0.3) is 15.9 Å². The number of benzene rings is 1. The highest BCUT2D eigenvalue weighted by atomic mass is 32.2. The van der Waals surface area contributed by atoms with Crippen LogP contribution >= 0.6 is 11.8 Å². The van der Waals surface area contributed by atoms with Crippen molar-refractivity contribution in [1.29, 1.82) is 0 Å². The molecule has 27 heavy (non-hydrogen) atoms. The summed E-state index contributed by atoms with van der Waals surface area (Å²) in [5, 5.41) is 7.49. The predicted molar refractivity (Wildman–Crippen MR) is 90.2 cm³/mol. The van der Waals surface area contributed by atoms with Gasteiger partial charge in [0, 0.05) is 17.0 Å². The van der Waals surface area contributed by atoms with Gasteiger partial charge in [-0.15, -0.1) is 9.50 Å². The lowest BCUT2D eigenvalue weighted by Crippen LogP contribution is -2.35. The van der Waals surface area contributed by atoms with Crippen LogP contribution in [0.25, 0.3) is 0 Å². The Hall–Kier alpha value is -2.61. The molecule has 0 spiro atoms. The number of amidine groups is 1. The number of H-pyrrole nitrogens is 1. The molecule has 0 unspecified atom stereocenters. The minimum absolute atomic E-state index is 0.106. The zero-order chi connectivity index (χ0) is 19.4.